The van der Waals surface area contributed by atoms with Crippen molar-refractivity contribution < 1.29 is 22.7 Å². The Morgan fingerprint density at radius 3 is 2.71 bits per heavy atom. The van der Waals surface area contributed by atoms with Gasteiger partial charge >= 0.3 is 5.97 Å². The van der Waals surface area contributed by atoms with Crippen LogP contribution in [0.5, 0.6) is 0 Å². The van der Waals surface area contributed by atoms with E-state index in [4.69, 9.17) is 0 Å². The topological polar surface area (TPSA) is 96.0 Å². The number of rotatable bonds is 8. The zero-order chi connectivity index (χ0) is 16.0. The lowest BCUT2D eigenvalue weighted by molar-refractivity contribution is -0.140. The zero-order valence-corrected chi connectivity index (χ0v) is 13.5. The van der Waals surface area contributed by atoms with Gasteiger partial charge in [0.2, 0.25) is 5.91 Å². The summed E-state index contributed by atoms with van der Waals surface area (Å²) in [6.07, 6.45) is 1.34. The summed E-state index contributed by atoms with van der Waals surface area (Å²) in [6.45, 7) is 2.76. The summed E-state index contributed by atoms with van der Waals surface area (Å²) in [5.41, 5.74) is 0. The molecule has 1 aliphatic rings. The Hall–Kier alpha value is -1.19. The van der Waals surface area contributed by atoms with Crippen molar-refractivity contribution >= 4 is 22.1 Å². The summed E-state index contributed by atoms with van der Waals surface area (Å²) in [7, 11) is -1.04. The van der Waals surface area contributed by atoms with E-state index in [1.165, 1.54) is 14.2 Å². The number of nitrogens with one attached hydrogen (secondary N) is 1. The van der Waals surface area contributed by atoms with Gasteiger partial charge in [0.25, 0.3) is 10.2 Å². The molecular weight excluding hydrogens is 298 g/mol. The molecule has 1 unspecified atom stereocenters. The first-order chi connectivity index (χ1) is 9.76. The number of likely N-dealkylation sites (tertiary alicyclic amines) is 1. The van der Waals surface area contributed by atoms with Gasteiger partial charge in [0.15, 0.2) is 0 Å². The Bertz CT molecular complexity index is 479. The Morgan fingerprint density at radius 1 is 1.52 bits per heavy atom. The fourth-order valence-corrected chi connectivity index (χ4v) is 3.17. The molecule has 0 aromatic carbocycles. The lowest BCUT2D eigenvalue weighted by atomic mass is 10.3. The van der Waals surface area contributed by atoms with Gasteiger partial charge in [0.1, 0.15) is 0 Å². The van der Waals surface area contributed by atoms with E-state index in [1.54, 1.807) is 11.8 Å². The standard InChI is InChI=1S/C12H23N3O5S/c1-10(9-15-7-4-5-11(15)16)13-21(18,19)14(2)8-6-12(17)20-3/h10,13H,4-9H2,1-3H3. The molecule has 1 N–H and O–H groups in total. The third-order valence-electron chi connectivity index (χ3n) is 3.28. The fourth-order valence-electron chi connectivity index (χ4n) is 2.08. The van der Waals surface area contributed by atoms with Crippen LogP contribution in [0.15, 0.2) is 0 Å². The van der Waals surface area contributed by atoms with Gasteiger partial charge in [0, 0.05) is 39.1 Å². The fraction of sp³-hybridized carbons (Fsp3) is 0.833. The highest BCUT2D eigenvalue weighted by molar-refractivity contribution is 7.87. The third kappa shape index (κ3) is 5.60. The Balaban J connectivity index is 2.46. The van der Waals surface area contributed by atoms with Crippen LogP contribution in [-0.2, 0) is 24.5 Å². The summed E-state index contributed by atoms with van der Waals surface area (Å²) < 4.78 is 32.1. The molecule has 1 saturated heterocycles. The SMILES string of the molecule is COC(=O)CCN(C)S(=O)(=O)NC(C)CN1CCCC1=O. The number of hydrogen-bond donors (Lipinski definition) is 1. The molecule has 1 aliphatic heterocycles. The van der Waals surface area contributed by atoms with Gasteiger partial charge in [-0.15, -0.1) is 0 Å². The molecule has 8 nitrogen and oxygen atoms in total. The summed E-state index contributed by atoms with van der Waals surface area (Å²) in [4.78, 5) is 24.2. The van der Waals surface area contributed by atoms with Crippen LogP contribution < -0.4 is 4.72 Å². The van der Waals surface area contributed by atoms with Crippen molar-refractivity contribution in [1.29, 1.82) is 0 Å². The normalized spacial score (nSPS) is 17.3. The quantitative estimate of drug-likeness (QED) is 0.598. The predicted molar refractivity (Wildman–Crippen MR) is 76.6 cm³/mol. The maximum atomic E-state index is 12.1. The first-order valence-corrected chi connectivity index (χ1v) is 8.28. The molecule has 0 aliphatic carbocycles. The molecule has 0 spiro atoms. The molecule has 0 aromatic rings. The van der Waals surface area contributed by atoms with Crippen LogP contribution in [0.25, 0.3) is 0 Å². The van der Waals surface area contributed by atoms with Crippen molar-refractivity contribution in [2.75, 3.05) is 33.8 Å². The van der Waals surface area contributed by atoms with E-state index in [0.717, 1.165) is 10.7 Å². The highest BCUT2D eigenvalue weighted by atomic mass is 32.2. The second-order valence-corrected chi connectivity index (χ2v) is 6.92. The monoisotopic (exact) mass is 321 g/mol. The van der Waals surface area contributed by atoms with Gasteiger partial charge in [-0.2, -0.15) is 17.4 Å². The minimum absolute atomic E-state index is 0.00704. The molecule has 0 bridgehead atoms. The molecule has 0 aromatic heterocycles. The lowest BCUT2D eigenvalue weighted by Gasteiger charge is -2.24. The van der Waals surface area contributed by atoms with Crippen molar-refractivity contribution in [3.05, 3.63) is 0 Å². The van der Waals surface area contributed by atoms with Crippen LogP contribution in [0, 0.1) is 0 Å². The van der Waals surface area contributed by atoms with Crippen LogP contribution >= 0.6 is 0 Å². The Labute approximate surface area is 125 Å². The van der Waals surface area contributed by atoms with Gasteiger partial charge in [0.05, 0.1) is 13.5 Å². The molecular formula is C12H23N3O5S. The lowest BCUT2D eigenvalue weighted by Crippen LogP contribution is -2.47. The largest absolute Gasteiger partial charge is 0.469 e. The van der Waals surface area contributed by atoms with Crippen molar-refractivity contribution in [2.45, 2.75) is 32.2 Å². The van der Waals surface area contributed by atoms with Crippen molar-refractivity contribution in [3.63, 3.8) is 0 Å². The molecule has 1 atom stereocenters. The molecule has 0 saturated carbocycles. The zero-order valence-electron chi connectivity index (χ0n) is 12.7. The third-order valence-corrected chi connectivity index (χ3v) is 4.99. The van der Waals surface area contributed by atoms with E-state index >= 15 is 0 Å². The van der Waals surface area contributed by atoms with E-state index in [1.807, 2.05) is 0 Å². The highest BCUT2D eigenvalue weighted by Crippen LogP contribution is 2.10. The second-order valence-electron chi connectivity index (χ2n) is 5.11. The second kappa shape index (κ2) is 7.71. The summed E-state index contributed by atoms with van der Waals surface area (Å²) >= 11 is 0. The maximum absolute atomic E-state index is 12.1. The molecule has 9 heteroatoms. The number of methoxy groups -OCH3 is 1. The molecule has 1 fully saturated rings. The minimum atomic E-state index is -3.68. The molecule has 122 valence electrons. The number of ether oxygens (including phenoxy) is 1. The molecule has 1 rings (SSSR count). The number of carbonyl (C=O) groups is 2. The van der Waals surface area contributed by atoms with E-state index in [-0.39, 0.29) is 18.9 Å². The van der Waals surface area contributed by atoms with Gasteiger partial charge in [-0.3, -0.25) is 9.59 Å². The van der Waals surface area contributed by atoms with E-state index in [2.05, 4.69) is 9.46 Å². The average molecular weight is 321 g/mol. The minimum Gasteiger partial charge on any atom is -0.469 e. The van der Waals surface area contributed by atoms with E-state index in [9.17, 15) is 18.0 Å². The number of nitrogens with zero attached hydrogens (tertiary/aromatic N) is 2. The highest BCUT2D eigenvalue weighted by Gasteiger charge is 2.25. The predicted octanol–water partition coefficient (Wildman–Crippen LogP) is -0.673. The number of hydrogen-bond acceptors (Lipinski definition) is 5. The first kappa shape index (κ1) is 17.9. The van der Waals surface area contributed by atoms with E-state index in [0.29, 0.717) is 19.5 Å². The van der Waals surface area contributed by atoms with Gasteiger partial charge in [-0.25, -0.2) is 0 Å². The Kier molecular flexibility index (Phi) is 6.56. The summed E-state index contributed by atoms with van der Waals surface area (Å²) in [6, 6.07) is -0.391. The van der Waals surface area contributed by atoms with Crippen molar-refractivity contribution in [1.82, 2.24) is 13.9 Å². The molecule has 1 heterocycles. The first-order valence-electron chi connectivity index (χ1n) is 6.84. The van der Waals surface area contributed by atoms with Crippen LogP contribution in [0.3, 0.4) is 0 Å². The Morgan fingerprint density at radius 2 is 2.19 bits per heavy atom. The number of esters is 1. The molecule has 0 radical (unpaired) electrons. The van der Waals surface area contributed by atoms with Gasteiger partial charge in [-0.05, 0) is 13.3 Å². The van der Waals surface area contributed by atoms with Gasteiger partial charge < -0.3 is 9.64 Å². The van der Waals surface area contributed by atoms with Crippen LogP contribution in [-0.4, -0.2) is 69.3 Å². The number of amides is 1. The van der Waals surface area contributed by atoms with Crippen molar-refractivity contribution in [2.24, 2.45) is 0 Å². The van der Waals surface area contributed by atoms with Gasteiger partial charge in [-0.1, -0.05) is 0 Å². The summed E-state index contributed by atoms with van der Waals surface area (Å²) in [5, 5.41) is 0. The van der Waals surface area contributed by atoms with Crippen LogP contribution in [0.1, 0.15) is 26.2 Å². The summed E-state index contributed by atoms with van der Waals surface area (Å²) in [5.74, 6) is -0.409. The number of carbonyl (C=O) groups excluding carboxylic acids is 2. The van der Waals surface area contributed by atoms with Crippen LogP contribution in [0.4, 0.5) is 0 Å². The maximum Gasteiger partial charge on any atom is 0.306 e. The van der Waals surface area contributed by atoms with E-state index < -0.39 is 22.2 Å². The molecule has 1 amide bonds. The van der Waals surface area contributed by atoms with Crippen molar-refractivity contribution in [3.8, 4) is 0 Å². The smallest absolute Gasteiger partial charge is 0.306 e. The van der Waals surface area contributed by atoms with Crippen LogP contribution in [0.2, 0.25) is 0 Å². The molecule has 21 heavy (non-hydrogen) atoms. The average Bonchev–Trinajstić information content (AvgIpc) is 2.80.